The van der Waals surface area contributed by atoms with Crippen molar-refractivity contribution in [2.24, 2.45) is 50.2 Å². The van der Waals surface area contributed by atoms with Crippen LogP contribution < -0.4 is 0 Å². The number of esters is 1. The molecule has 32 nitrogen and oxygen atoms in total. The van der Waals surface area contributed by atoms with Crippen LogP contribution >= 0.6 is 0 Å². The van der Waals surface area contributed by atoms with Gasteiger partial charge in [-0.15, -0.1) is 0 Å². The van der Waals surface area contributed by atoms with E-state index in [-0.39, 0.29) is 36.5 Å². The summed E-state index contributed by atoms with van der Waals surface area (Å²) in [5.74, 6) is -2.12. The van der Waals surface area contributed by atoms with Gasteiger partial charge in [0.15, 0.2) is 37.6 Å². The normalized spacial score (nSPS) is 55.9. The second kappa shape index (κ2) is 27.9. The lowest BCUT2D eigenvalue weighted by Gasteiger charge is -2.72. The van der Waals surface area contributed by atoms with E-state index in [1.54, 1.807) is 6.92 Å². The zero-order valence-electron chi connectivity index (χ0n) is 55.2. The summed E-state index contributed by atoms with van der Waals surface area (Å²) in [5, 5.41) is 211. The van der Waals surface area contributed by atoms with Crippen molar-refractivity contribution in [3.05, 3.63) is 11.6 Å². The first-order valence-corrected chi connectivity index (χ1v) is 33.7. The fourth-order valence-electron chi connectivity index (χ4n) is 19.1. The van der Waals surface area contributed by atoms with Crippen LogP contribution in [0.3, 0.4) is 0 Å². The van der Waals surface area contributed by atoms with Crippen LogP contribution in [-0.4, -0.2) is 326 Å². The fourth-order valence-corrected chi connectivity index (χ4v) is 19.1. The highest BCUT2D eigenvalue weighted by Gasteiger charge is 2.73. The molecule has 0 spiro atoms. The third-order valence-electron chi connectivity index (χ3n) is 24.9. The van der Waals surface area contributed by atoms with Gasteiger partial charge in [0, 0.05) is 5.41 Å². The summed E-state index contributed by atoms with van der Waals surface area (Å²) < 4.78 is 70.8. The Morgan fingerprint density at radius 1 is 0.490 bits per heavy atom. The quantitative estimate of drug-likeness (QED) is 0.0412. The molecule has 19 N–H and O–H groups in total. The predicted octanol–water partition coefficient (Wildman–Crippen LogP) is -6.14. The monoisotopic (exact) mass is 1380 g/mol. The van der Waals surface area contributed by atoms with E-state index in [9.17, 15) is 97.0 Å². The molecule has 6 heterocycles. The molecule has 552 valence electrons. The molecule has 5 aliphatic carbocycles. The van der Waals surface area contributed by atoms with E-state index in [4.69, 9.17) is 56.8 Å². The molecule has 0 unspecified atom stereocenters. The Bertz CT molecular complexity index is 2720. The van der Waals surface area contributed by atoms with Gasteiger partial charge in [-0.1, -0.05) is 53.2 Å². The minimum Gasteiger partial charge on any atom is -0.432 e. The van der Waals surface area contributed by atoms with Gasteiger partial charge in [-0.2, -0.15) is 0 Å². The van der Waals surface area contributed by atoms with Gasteiger partial charge in [0.1, 0.15) is 121 Å². The molecule has 10 fully saturated rings. The number of aliphatic hydroxyl groups is 19. The van der Waals surface area contributed by atoms with Gasteiger partial charge >= 0.3 is 5.97 Å². The molecule has 11 rings (SSSR count). The summed E-state index contributed by atoms with van der Waals surface area (Å²) in [6, 6.07) is 0. The third-order valence-corrected chi connectivity index (χ3v) is 24.9. The van der Waals surface area contributed by atoms with Crippen LogP contribution in [-0.2, 0) is 61.6 Å². The Kier molecular flexibility index (Phi) is 21.8. The Morgan fingerprint density at radius 3 is 1.68 bits per heavy atom. The molecule has 0 amide bonds. The van der Waals surface area contributed by atoms with Crippen molar-refractivity contribution < 1.29 is 159 Å². The van der Waals surface area contributed by atoms with E-state index in [2.05, 4.69) is 40.7 Å². The van der Waals surface area contributed by atoms with Gasteiger partial charge in [0.2, 0.25) is 6.29 Å². The van der Waals surface area contributed by atoms with E-state index in [0.717, 1.165) is 5.57 Å². The van der Waals surface area contributed by atoms with E-state index in [0.29, 0.717) is 32.1 Å². The smallest absolute Gasteiger partial charge is 0.317 e. The summed E-state index contributed by atoms with van der Waals surface area (Å²) in [7, 11) is 0. The largest absolute Gasteiger partial charge is 0.432 e. The minimum absolute atomic E-state index is 0.0723. The van der Waals surface area contributed by atoms with Gasteiger partial charge in [0.25, 0.3) is 0 Å². The molecule has 11 aliphatic rings. The molecule has 0 aromatic rings. The molecule has 6 saturated heterocycles. The molecular formula is C64H104O32. The fraction of sp³-hybridized carbons (Fsp3) is 0.953. The summed E-state index contributed by atoms with van der Waals surface area (Å²) in [6.07, 6.45) is -46.2. The summed E-state index contributed by atoms with van der Waals surface area (Å²) in [5.41, 5.74) is -4.50. The second-order valence-corrected chi connectivity index (χ2v) is 31.1. The summed E-state index contributed by atoms with van der Waals surface area (Å²) in [4.78, 5) is 15.6. The van der Waals surface area contributed by atoms with Crippen LogP contribution in [0.1, 0.15) is 107 Å². The lowest BCUT2D eigenvalue weighted by Crippen LogP contribution is -2.71. The first kappa shape index (κ1) is 75.2. The Morgan fingerprint density at radius 2 is 1.03 bits per heavy atom. The predicted molar refractivity (Wildman–Crippen MR) is 317 cm³/mol. The molecule has 32 heteroatoms. The zero-order chi connectivity index (χ0) is 70.2. The first-order valence-electron chi connectivity index (χ1n) is 33.7. The number of carbonyl (C=O) groups excluding carboxylic acids is 1. The van der Waals surface area contributed by atoms with E-state index >= 15 is 4.79 Å². The molecule has 96 heavy (non-hydrogen) atoms. The number of aliphatic hydroxyl groups excluding tert-OH is 19. The van der Waals surface area contributed by atoms with Gasteiger partial charge in [0.05, 0.1) is 63.6 Å². The number of allylic oxidation sites excluding steroid dienone is 2. The van der Waals surface area contributed by atoms with Crippen LogP contribution in [0.2, 0.25) is 0 Å². The summed E-state index contributed by atoms with van der Waals surface area (Å²) >= 11 is 0. The number of rotatable bonds is 15. The second-order valence-electron chi connectivity index (χ2n) is 31.1. The Hall–Kier alpha value is -1.99. The average molecular weight is 1390 g/mol. The SMILES string of the molecule is C[C@@H]1O[C@@H](O[C@@H]2[C@@H](O)[C@H](O[C@@H]3[C@@H](O)[C@@H](O)[C@H](O[C@H]4[C@H](OC(=O)[C@]56CCC(C)(C)C[C@H]5C5=CC[C@@H]7[C@@]8(C)C[C@H](O)[C@H](O[C@@H]9O[C@H](CO)[C@@H](O)[C@H](O[C@@H]%10O[C@H](CO)[C@@H](O)[C@H](O)[C@H]%10O)[C@H]9O)[C@@](C)(CO)[C@@H]8CC[C@@]7(C)[C@]5(C)C[C@H]6O)OC[C@H](O)[C@@H]4O)O[C@H]3C)OC[C@H]2O)[C@H](O)[C@H](O)[C@H]1O. The standard InChI is InChI=1S/C64H104O32/c1-23-35(72)39(76)42(79)53(87-23)92-48-29(70)21-85-52(45(48)82)91-47-24(2)88-54(44(81)41(47)78)94-50-36(73)28(69)20-86-57(50)96-58(84)64-14-13-59(3,4)15-26(64)25-9-10-33-60(5)16-27(68)51(61(6,22-67)32(60)11-12-62(33,7)63(25,8)17-34(64)71)95-56-46(83)49(38(75)31(19-66)90-56)93-55-43(80)40(77)37(74)30(18-65)89-55/h9,23-24,26-57,65-83H,10-22H2,1-8H3/t23-,24-,26-,27-,28-,29+,30+,31+,32+,33+,34+,35-,36-,37+,38+,39+,40-,41-,42+,43+,44+,45+,46+,47-,48-,49-,50+,51-,52-,53-,54-,55-,56-,57-,60-,61-,62+,63+,64+/m0/s1. The maximum absolute atomic E-state index is 15.6. The third kappa shape index (κ3) is 12.5. The van der Waals surface area contributed by atoms with Gasteiger partial charge < -0.3 is 154 Å². The maximum Gasteiger partial charge on any atom is 0.317 e. The van der Waals surface area contributed by atoms with Crippen molar-refractivity contribution in [2.75, 3.05) is 33.0 Å². The number of carbonyl (C=O) groups is 1. The van der Waals surface area contributed by atoms with Crippen LogP contribution in [0.4, 0.5) is 0 Å². The summed E-state index contributed by atoms with van der Waals surface area (Å²) in [6.45, 7) is 11.9. The van der Waals surface area contributed by atoms with Crippen LogP contribution in [0.15, 0.2) is 11.6 Å². The van der Waals surface area contributed by atoms with Crippen molar-refractivity contribution in [1.82, 2.24) is 0 Å². The molecular weight excluding hydrogens is 1280 g/mol. The zero-order valence-corrected chi connectivity index (χ0v) is 55.2. The molecule has 4 saturated carbocycles. The average Bonchev–Trinajstić information content (AvgIpc) is 0.670. The highest BCUT2D eigenvalue weighted by molar-refractivity contribution is 5.80. The lowest BCUT2D eigenvalue weighted by atomic mass is 9.33. The molecule has 39 atom stereocenters. The topological polar surface area (TPSA) is 512 Å². The maximum atomic E-state index is 15.6. The van der Waals surface area contributed by atoms with E-state index in [1.165, 1.54) is 13.8 Å². The molecule has 0 aromatic carbocycles. The Labute approximate surface area is 555 Å². The number of hydrogen-bond acceptors (Lipinski definition) is 32. The van der Waals surface area contributed by atoms with Crippen molar-refractivity contribution in [3.8, 4) is 0 Å². The van der Waals surface area contributed by atoms with Crippen molar-refractivity contribution in [1.29, 1.82) is 0 Å². The van der Waals surface area contributed by atoms with Gasteiger partial charge in [-0.3, -0.25) is 4.79 Å². The van der Waals surface area contributed by atoms with Gasteiger partial charge in [-0.25, -0.2) is 0 Å². The molecule has 6 aliphatic heterocycles. The van der Waals surface area contributed by atoms with E-state index in [1.807, 2.05) is 0 Å². The first-order chi connectivity index (χ1) is 45.0. The van der Waals surface area contributed by atoms with Crippen molar-refractivity contribution >= 4 is 5.97 Å². The number of ether oxygens (including phenoxy) is 12. The van der Waals surface area contributed by atoms with Crippen molar-refractivity contribution in [3.63, 3.8) is 0 Å². The van der Waals surface area contributed by atoms with Crippen LogP contribution in [0.5, 0.6) is 0 Å². The molecule has 0 aromatic heterocycles. The molecule has 0 radical (unpaired) electrons. The lowest BCUT2D eigenvalue weighted by molar-refractivity contribution is -0.377. The number of fused-ring (bicyclic) bond motifs is 7. The van der Waals surface area contributed by atoms with Crippen LogP contribution in [0, 0.1) is 50.2 Å². The Balaban J connectivity index is 0.795. The molecule has 0 bridgehead atoms. The van der Waals surface area contributed by atoms with Gasteiger partial charge in [-0.05, 0) is 105 Å². The van der Waals surface area contributed by atoms with Crippen molar-refractivity contribution in [2.45, 2.75) is 297 Å². The highest BCUT2D eigenvalue weighted by atomic mass is 16.8. The van der Waals surface area contributed by atoms with E-state index < -0.39 is 262 Å². The highest BCUT2D eigenvalue weighted by Crippen LogP contribution is 2.76. The minimum atomic E-state index is -2.01. The number of hydrogen-bond donors (Lipinski definition) is 19. The van der Waals surface area contributed by atoms with Crippen LogP contribution in [0.25, 0.3) is 0 Å².